The number of aliphatic carboxylic acids is 1. The SMILES string of the molecule is Cc1ccc(OC2CCC(CN3CCC(O)=C(C(=O)NCC(=O)O)C3=O)CC2)cc1. The second-order valence-electron chi connectivity index (χ2n) is 7.97. The minimum absolute atomic E-state index is 0.155. The molecule has 2 aliphatic rings. The lowest BCUT2D eigenvalue weighted by Crippen LogP contribution is -2.45. The number of benzene rings is 1. The zero-order chi connectivity index (χ0) is 21.7. The number of rotatable bonds is 7. The molecule has 0 saturated heterocycles. The van der Waals surface area contributed by atoms with E-state index in [-0.39, 0.29) is 23.9 Å². The molecule has 30 heavy (non-hydrogen) atoms. The van der Waals surface area contributed by atoms with E-state index >= 15 is 0 Å². The van der Waals surface area contributed by atoms with E-state index in [4.69, 9.17) is 9.84 Å². The van der Waals surface area contributed by atoms with Crippen LogP contribution in [0.4, 0.5) is 0 Å². The molecule has 1 aliphatic heterocycles. The van der Waals surface area contributed by atoms with Gasteiger partial charge in [0.25, 0.3) is 11.8 Å². The molecule has 0 atom stereocenters. The third kappa shape index (κ3) is 5.52. The van der Waals surface area contributed by atoms with E-state index in [9.17, 15) is 19.5 Å². The smallest absolute Gasteiger partial charge is 0.322 e. The van der Waals surface area contributed by atoms with Crippen LogP contribution in [0.1, 0.15) is 37.7 Å². The molecule has 0 aromatic heterocycles. The molecule has 0 radical (unpaired) electrons. The average molecular weight is 416 g/mol. The summed E-state index contributed by atoms with van der Waals surface area (Å²) >= 11 is 0. The van der Waals surface area contributed by atoms with Crippen molar-refractivity contribution in [3.05, 3.63) is 41.2 Å². The molecule has 1 fully saturated rings. The maximum atomic E-state index is 12.7. The molecule has 2 amide bonds. The van der Waals surface area contributed by atoms with Gasteiger partial charge in [0.1, 0.15) is 23.6 Å². The summed E-state index contributed by atoms with van der Waals surface area (Å²) in [5.74, 6) is -1.72. The number of carbonyl (C=O) groups excluding carboxylic acids is 2. The molecule has 3 rings (SSSR count). The highest BCUT2D eigenvalue weighted by molar-refractivity contribution is 6.19. The molecule has 8 heteroatoms. The zero-order valence-corrected chi connectivity index (χ0v) is 17.1. The van der Waals surface area contributed by atoms with Crippen molar-refractivity contribution in [1.82, 2.24) is 10.2 Å². The number of hydrogen-bond acceptors (Lipinski definition) is 5. The van der Waals surface area contributed by atoms with Gasteiger partial charge in [-0.05, 0) is 50.7 Å². The van der Waals surface area contributed by atoms with Crippen LogP contribution in [0.25, 0.3) is 0 Å². The number of aryl methyl sites for hydroxylation is 1. The summed E-state index contributed by atoms with van der Waals surface area (Å²) in [6, 6.07) is 8.00. The van der Waals surface area contributed by atoms with Crippen LogP contribution in [-0.2, 0) is 14.4 Å². The molecule has 1 aromatic carbocycles. The van der Waals surface area contributed by atoms with E-state index in [1.165, 1.54) is 5.56 Å². The minimum Gasteiger partial charge on any atom is -0.511 e. The molecule has 0 unspecified atom stereocenters. The van der Waals surface area contributed by atoms with Gasteiger partial charge in [-0.1, -0.05) is 17.7 Å². The quantitative estimate of drug-likeness (QED) is 0.587. The van der Waals surface area contributed by atoms with Gasteiger partial charge < -0.3 is 25.2 Å². The summed E-state index contributed by atoms with van der Waals surface area (Å²) in [6.07, 6.45) is 3.96. The Morgan fingerprint density at radius 3 is 2.47 bits per heavy atom. The van der Waals surface area contributed by atoms with Gasteiger partial charge in [0.2, 0.25) is 0 Å². The molecule has 162 valence electrons. The average Bonchev–Trinajstić information content (AvgIpc) is 2.72. The van der Waals surface area contributed by atoms with Crippen molar-refractivity contribution in [2.24, 2.45) is 5.92 Å². The van der Waals surface area contributed by atoms with Crippen LogP contribution in [0, 0.1) is 12.8 Å². The lowest BCUT2D eigenvalue weighted by Gasteiger charge is -2.34. The van der Waals surface area contributed by atoms with Crippen molar-refractivity contribution in [3.8, 4) is 5.75 Å². The molecular formula is C22H28N2O6. The Bertz CT molecular complexity index is 825. The van der Waals surface area contributed by atoms with Crippen LogP contribution >= 0.6 is 0 Å². The van der Waals surface area contributed by atoms with Gasteiger partial charge in [-0.15, -0.1) is 0 Å². The van der Waals surface area contributed by atoms with Gasteiger partial charge in [-0.3, -0.25) is 14.4 Å². The van der Waals surface area contributed by atoms with Crippen molar-refractivity contribution in [2.75, 3.05) is 19.6 Å². The number of carbonyl (C=O) groups is 3. The monoisotopic (exact) mass is 416 g/mol. The number of nitrogens with one attached hydrogen (secondary N) is 1. The van der Waals surface area contributed by atoms with Crippen LogP contribution < -0.4 is 10.1 Å². The highest BCUT2D eigenvalue weighted by Gasteiger charge is 2.34. The summed E-state index contributed by atoms with van der Waals surface area (Å²) in [7, 11) is 0. The molecular weight excluding hydrogens is 388 g/mol. The number of ether oxygens (including phenoxy) is 1. The van der Waals surface area contributed by atoms with Crippen LogP contribution in [0.5, 0.6) is 5.75 Å². The second-order valence-corrected chi connectivity index (χ2v) is 7.97. The summed E-state index contributed by atoms with van der Waals surface area (Å²) in [4.78, 5) is 37.1. The van der Waals surface area contributed by atoms with E-state index in [2.05, 4.69) is 5.32 Å². The third-order valence-corrected chi connectivity index (χ3v) is 5.63. The van der Waals surface area contributed by atoms with Gasteiger partial charge in [0.05, 0.1) is 6.10 Å². The fourth-order valence-corrected chi connectivity index (χ4v) is 3.95. The van der Waals surface area contributed by atoms with Crippen molar-refractivity contribution < 1.29 is 29.3 Å². The lowest BCUT2D eigenvalue weighted by molar-refractivity contribution is -0.138. The van der Waals surface area contributed by atoms with Crippen molar-refractivity contribution >= 4 is 17.8 Å². The Labute approximate surface area is 175 Å². The zero-order valence-electron chi connectivity index (χ0n) is 17.1. The van der Waals surface area contributed by atoms with Crippen LogP contribution in [-0.4, -0.2) is 58.6 Å². The molecule has 1 heterocycles. The normalized spacial score (nSPS) is 22.0. The molecule has 1 saturated carbocycles. The Balaban J connectivity index is 1.51. The maximum absolute atomic E-state index is 12.7. The summed E-state index contributed by atoms with van der Waals surface area (Å²) in [5.41, 5.74) is 0.840. The molecule has 1 aromatic rings. The number of nitrogens with zero attached hydrogens (tertiary/aromatic N) is 1. The Morgan fingerprint density at radius 2 is 1.83 bits per heavy atom. The number of carboxylic acids is 1. The summed E-state index contributed by atoms with van der Waals surface area (Å²) in [6.45, 7) is 2.29. The molecule has 8 nitrogen and oxygen atoms in total. The minimum atomic E-state index is -1.21. The van der Waals surface area contributed by atoms with Crippen LogP contribution in [0.15, 0.2) is 35.6 Å². The first-order valence-corrected chi connectivity index (χ1v) is 10.3. The van der Waals surface area contributed by atoms with E-state index in [0.717, 1.165) is 31.4 Å². The van der Waals surface area contributed by atoms with Crippen molar-refractivity contribution in [1.29, 1.82) is 0 Å². The van der Waals surface area contributed by atoms with E-state index in [1.54, 1.807) is 4.90 Å². The fourth-order valence-electron chi connectivity index (χ4n) is 3.95. The predicted molar refractivity (Wildman–Crippen MR) is 109 cm³/mol. The number of hydrogen-bond donors (Lipinski definition) is 3. The molecule has 0 spiro atoms. The first kappa shape index (κ1) is 21.7. The highest BCUT2D eigenvalue weighted by Crippen LogP contribution is 2.30. The first-order chi connectivity index (χ1) is 14.3. The third-order valence-electron chi connectivity index (χ3n) is 5.63. The van der Waals surface area contributed by atoms with Crippen molar-refractivity contribution in [2.45, 2.75) is 45.1 Å². The first-order valence-electron chi connectivity index (χ1n) is 10.3. The molecule has 3 N–H and O–H groups in total. The topological polar surface area (TPSA) is 116 Å². The van der Waals surface area contributed by atoms with Gasteiger partial charge in [-0.25, -0.2) is 0 Å². The van der Waals surface area contributed by atoms with Crippen LogP contribution in [0.3, 0.4) is 0 Å². The Morgan fingerprint density at radius 1 is 1.17 bits per heavy atom. The van der Waals surface area contributed by atoms with Gasteiger partial charge in [0, 0.05) is 19.5 Å². The molecule has 0 bridgehead atoms. The van der Waals surface area contributed by atoms with E-state index in [0.29, 0.717) is 19.0 Å². The summed E-state index contributed by atoms with van der Waals surface area (Å²) < 4.78 is 6.06. The standard InChI is InChI=1S/C22H28N2O6/c1-14-2-6-16(7-3-14)30-17-8-4-15(5-9-17)13-24-11-10-18(25)20(22(24)29)21(28)23-12-19(26)27/h2-3,6-7,15,17,25H,4-5,8-13H2,1H3,(H,23,28)(H,26,27). The highest BCUT2D eigenvalue weighted by atomic mass is 16.5. The van der Waals surface area contributed by atoms with Crippen LogP contribution in [0.2, 0.25) is 0 Å². The predicted octanol–water partition coefficient (Wildman–Crippen LogP) is 2.18. The lowest BCUT2D eigenvalue weighted by atomic mass is 9.86. The largest absolute Gasteiger partial charge is 0.511 e. The second kappa shape index (κ2) is 9.65. The maximum Gasteiger partial charge on any atom is 0.322 e. The number of aliphatic hydroxyl groups excluding tert-OH is 1. The fraction of sp³-hybridized carbons (Fsp3) is 0.500. The van der Waals surface area contributed by atoms with Gasteiger partial charge >= 0.3 is 5.97 Å². The number of carboxylic acid groups (broad SMARTS) is 1. The van der Waals surface area contributed by atoms with E-state index < -0.39 is 24.3 Å². The molecule has 1 aliphatic carbocycles. The number of amides is 2. The van der Waals surface area contributed by atoms with Gasteiger partial charge in [-0.2, -0.15) is 0 Å². The van der Waals surface area contributed by atoms with Crippen molar-refractivity contribution in [3.63, 3.8) is 0 Å². The Hall–Kier alpha value is -3.03. The van der Waals surface area contributed by atoms with E-state index in [1.807, 2.05) is 31.2 Å². The summed E-state index contributed by atoms with van der Waals surface area (Å²) in [5, 5.41) is 20.8. The number of aliphatic hydroxyl groups is 1. The van der Waals surface area contributed by atoms with Gasteiger partial charge in [0.15, 0.2) is 0 Å². The Kier molecular flexibility index (Phi) is 6.97.